The summed E-state index contributed by atoms with van der Waals surface area (Å²) in [6, 6.07) is 13.1. The fourth-order valence-corrected chi connectivity index (χ4v) is 2.42. The molecule has 1 amide bonds. The zero-order valence-electron chi connectivity index (χ0n) is 13.6. The molecule has 0 aliphatic heterocycles. The maximum Gasteiger partial charge on any atom is 0.220 e. The van der Waals surface area contributed by atoms with E-state index in [1.807, 2.05) is 48.7 Å². The van der Waals surface area contributed by atoms with Crippen molar-refractivity contribution < 1.29 is 14.5 Å². The van der Waals surface area contributed by atoms with Gasteiger partial charge >= 0.3 is 0 Å². The van der Waals surface area contributed by atoms with Crippen LogP contribution in [0.25, 0.3) is 12.2 Å². The summed E-state index contributed by atoms with van der Waals surface area (Å²) in [5.41, 5.74) is 2.09. The number of phenols is 1. The highest BCUT2D eigenvalue weighted by atomic mass is 32.1. The van der Waals surface area contributed by atoms with E-state index in [0.717, 1.165) is 24.2 Å². The number of nitrogens with zero attached hydrogens (tertiary/aromatic N) is 1. The molecule has 24 heavy (non-hydrogen) atoms. The second kappa shape index (κ2) is 9.78. The molecule has 1 aromatic carbocycles. The fraction of sp³-hybridized carbons (Fsp3) is 0.263. The van der Waals surface area contributed by atoms with E-state index in [2.05, 4.69) is 22.5 Å². The molecule has 2 N–H and O–H groups in total. The Hall–Kier alpha value is -2.27. The summed E-state index contributed by atoms with van der Waals surface area (Å²) in [5.74, 6) is 0.991. The molecular formula is C19H23N2O2S+. The minimum absolute atomic E-state index is 0.0711. The molecule has 126 valence electrons. The van der Waals surface area contributed by atoms with Crippen molar-refractivity contribution >= 4 is 30.7 Å². The van der Waals surface area contributed by atoms with Gasteiger partial charge in [-0.1, -0.05) is 12.1 Å². The molecule has 1 heterocycles. The predicted molar refractivity (Wildman–Crippen MR) is 99.8 cm³/mol. The number of benzene rings is 1. The van der Waals surface area contributed by atoms with Gasteiger partial charge in [0.1, 0.15) is 12.3 Å². The number of hydrogen-bond donors (Lipinski definition) is 3. The molecule has 5 heteroatoms. The van der Waals surface area contributed by atoms with Gasteiger partial charge < -0.3 is 10.4 Å². The Kier molecular flexibility index (Phi) is 7.36. The van der Waals surface area contributed by atoms with Gasteiger partial charge in [-0.15, -0.1) is 0 Å². The Balaban J connectivity index is 1.94. The molecule has 1 aromatic heterocycles. The van der Waals surface area contributed by atoms with Gasteiger partial charge in [0.2, 0.25) is 11.6 Å². The van der Waals surface area contributed by atoms with Crippen LogP contribution in [0.3, 0.4) is 0 Å². The van der Waals surface area contributed by atoms with E-state index in [9.17, 15) is 9.90 Å². The van der Waals surface area contributed by atoms with Crippen molar-refractivity contribution in [3.63, 3.8) is 0 Å². The number of pyridine rings is 1. The Bertz CT molecular complexity index is 684. The standard InChI is InChI=1S/C19H22N2O2S/c22-18-10-7-16(8-11-18)6-9-17-4-1-2-13-21(17)14-3-5-19(23)20-12-15-24/h1-2,4,6-11,13H,3,5,12,14-15H2,(H2,20,23,24)/p+1. The van der Waals surface area contributed by atoms with E-state index in [4.69, 9.17) is 0 Å². The van der Waals surface area contributed by atoms with Crippen molar-refractivity contribution in [3.8, 4) is 5.75 Å². The highest BCUT2D eigenvalue weighted by Crippen LogP contribution is 2.12. The Morgan fingerprint density at radius 3 is 2.71 bits per heavy atom. The summed E-state index contributed by atoms with van der Waals surface area (Å²) >= 11 is 4.08. The Morgan fingerprint density at radius 2 is 1.96 bits per heavy atom. The van der Waals surface area contributed by atoms with E-state index < -0.39 is 0 Å². The molecule has 4 nitrogen and oxygen atoms in total. The average Bonchev–Trinajstić information content (AvgIpc) is 2.60. The van der Waals surface area contributed by atoms with Crippen molar-refractivity contribution in [1.29, 1.82) is 0 Å². The van der Waals surface area contributed by atoms with Gasteiger partial charge in [-0.3, -0.25) is 4.79 Å². The Labute approximate surface area is 148 Å². The number of carbonyl (C=O) groups is 1. The lowest BCUT2D eigenvalue weighted by molar-refractivity contribution is -0.698. The SMILES string of the molecule is O=C(CCC[n+]1ccccc1/C=C/c1ccc(O)cc1)NCCS. The number of phenolic OH excluding ortho intramolecular Hbond substituents is 1. The lowest BCUT2D eigenvalue weighted by Crippen LogP contribution is -2.37. The number of amides is 1. The van der Waals surface area contributed by atoms with Crippen molar-refractivity contribution in [1.82, 2.24) is 5.32 Å². The highest BCUT2D eigenvalue weighted by Gasteiger charge is 2.08. The monoisotopic (exact) mass is 343 g/mol. The molecule has 0 bridgehead atoms. The molecule has 0 aliphatic carbocycles. The second-order valence-electron chi connectivity index (χ2n) is 5.42. The molecule has 0 unspecified atom stereocenters. The average molecular weight is 343 g/mol. The van der Waals surface area contributed by atoms with Gasteiger partial charge in [-0.25, -0.2) is 0 Å². The first-order valence-electron chi connectivity index (χ1n) is 8.02. The number of aromatic nitrogens is 1. The quantitative estimate of drug-likeness (QED) is 0.510. The number of rotatable bonds is 8. The number of aromatic hydroxyl groups is 1. The second-order valence-corrected chi connectivity index (χ2v) is 5.87. The van der Waals surface area contributed by atoms with Crippen LogP contribution < -0.4 is 9.88 Å². The van der Waals surface area contributed by atoms with Crippen molar-refractivity contribution in [2.75, 3.05) is 12.3 Å². The maximum absolute atomic E-state index is 11.6. The topological polar surface area (TPSA) is 53.2 Å². The van der Waals surface area contributed by atoms with Gasteiger partial charge in [-0.2, -0.15) is 17.2 Å². The number of carbonyl (C=O) groups excluding carboxylic acids is 1. The van der Waals surface area contributed by atoms with Crippen molar-refractivity contribution in [3.05, 3.63) is 59.9 Å². The van der Waals surface area contributed by atoms with Crippen LogP contribution in [0.1, 0.15) is 24.1 Å². The van der Waals surface area contributed by atoms with E-state index in [1.54, 1.807) is 12.1 Å². The van der Waals surface area contributed by atoms with Crippen LogP contribution >= 0.6 is 12.6 Å². The molecule has 0 fully saturated rings. The van der Waals surface area contributed by atoms with Gasteiger partial charge in [-0.05, 0) is 29.8 Å². The summed E-state index contributed by atoms with van der Waals surface area (Å²) in [5, 5.41) is 12.1. The number of nitrogens with one attached hydrogen (secondary N) is 1. The van der Waals surface area contributed by atoms with Crippen molar-refractivity contribution in [2.24, 2.45) is 0 Å². The summed E-state index contributed by atoms with van der Waals surface area (Å²) < 4.78 is 2.13. The van der Waals surface area contributed by atoms with Crippen LogP contribution in [0.2, 0.25) is 0 Å². The number of thiol groups is 1. The summed E-state index contributed by atoms with van der Waals surface area (Å²) in [4.78, 5) is 11.6. The van der Waals surface area contributed by atoms with Gasteiger partial charge in [0.15, 0.2) is 6.20 Å². The lowest BCUT2D eigenvalue weighted by atomic mass is 10.2. The Morgan fingerprint density at radius 1 is 1.17 bits per heavy atom. The van der Waals surface area contributed by atoms with E-state index in [0.29, 0.717) is 18.7 Å². The van der Waals surface area contributed by atoms with E-state index in [-0.39, 0.29) is 11.7 Å². The summed E-state index contributed by atoms with van der Waals surface area (Å²) in [7, 11) is 0. The van der Waals surface area contributed by atoms with Crippen LogP contribution in [0, 0.1) is 0 Å². The first kappa shape index (κ1) is 18.1. The maximum atomic E-state index is 11.6. The third kappa shape index (κ3) is 6.08. The predicted octanol–water partition coefficient (Wildman–Crippen LogP) is 2.68. The molecule has 0 aliphatic rings. The zero-order chi connectivity index (χ0) is 17.2. The summed E-state index contributed by atoms with van der Waals surface area (Å²) in [6.07, 6.45) is 7.35. The van der Waals surface area contributed by atoms with Gasteiger partial charge in [0, 0.05) is 43.3 Å². The number of aryl methyl sites for hydroxylation is 1. The smallest absolute Gasteiger partial charge is 0.220 e. The molecular weight excluding hydrogens is 320 g/mol. The van der Waals surface area contributed by atoms with Crippen LogP contribution in [0.4, 0.5) is 0 Å². The van der Waals surface area contributed by atoms with Gasteiger partial charge in [0.25, 0.3) is 0 Å². The van der Waals surface area contributed by atoms with Crippen LogP contribution in [-0.2, 0) is 11.3 Å². The molecule has 2 rings (SSSR count). The highest BCUT2D eigenvalue weighted by molar-refractivity contribution is 7.80. The first-order valence-corrected chi connectivity index (χ1v) is 8.65. The van der Waals surface area contributed by atoms with Gasteiger partial charge in [0.05, 0.1) is 0 Å². The normalized spacial score (nSPS) is 10.9. The van der Waals surface area contributed by atoms with E-state index in [1.165, 1.54) is 0 Å². The molecule has 0 spiro atoms. The zero-order valence-corrected chi connectivity index (χ0v) is 14.5. The third-order valence-electron chi connectivity index (χ3n) is 3.55. The molecule has 2 aromatic rings. The molecule has 0 radical (unpaired) electrons. The van der Waals surface area contributed by atoms with Crippen LogP contribution in [0.15, 0.2) is 48.7 Å². The van der Waals surface area contributed by atoms with Crippen LogP contribution in [-0.4, -0.2) is 23.3 Å². The minimum Gasteiger partial charge on any atom is -0.508 e. The minimum atomic E-state index is 0.0711. The van der Waals surface area contributed by atoms with E-state index >= 15 is 0 Å². The fourth-order valence-electron chi connectivity index (χ4n) is 2.31. The first-order chi connectivity index (χ1) is 11.7. The summed E-state index contributed by atoms with van der Waals surface area (Å²) in [6.45, 7) is 1.39. The van der Waals surface area contributed by atoms with Crippen LogP contribution in [0.5, 0.6) is 5.75 Å². The molecule has 0 saturated heterocycles. The van der Waals surface area contributed by atoms with Crippen molar-refractivity contribution in [2.45, 2.75) is 19.4 Å². The molecule has 0 atom stereocenters. The third-order valence-corrected chi connectivity index (χ3v) is 3.78. The molecule has 0 saturated carbocycles. The number of hydrogen-bond acceptors (Lipinski definition) is 3. The lowest BCUT2D eigenvalue weighted by Gasteiger charge is -2.03. The largest absolute Gasteiger partial charge is 0.508 e.